The molecule has 1 saturated heterocycles. The van der Waals surface area contributed by atoms with Gasteiger partial charge in [0.25, 0.3) is 5.91 Å². The van der Waals surface area contributed by atoms with E-state index in [1.54, 1.807) is 24.3 Å². The molecule has 1 aliphatic heterocycles. The van der Waals surface area contributed by atoms with Crippen LogP contribution in [0, 0.1) is 0 Å². The van der Waals surface area contributed by atoms with Crippen molar-refractivity contribution in [2.45, 2.75) is 12.8 Å². The number of benzene rings is 1. The molecule has 124 valence electrons. The van der Waals surface area contributed by atoms with Crippen LogP contribution in [0.25, 0.3) is 0 Å². The molecule has 1 heterocycles. The Bertz CT molecular complexity index is 592. The van der Waals surface area contributed by atoms with Gasteiger partial charge in [0.2, 0.25) is 0 Å². The van der Waals surface area contributed by atoms with Crippen molar-refractivity contribution in [2.75, 3.05) is 30.8 Å². The van der Waals surface area contributed by atoms with Gasteiger partial charge < -0.3 is 15.0 Å². The zero-order valence-electron chi connectivity index (χ0n) is 12.4. The van der Waals surface area contributed by atoms with Crippen molar-refractivity contribution < 1.29 is 14.3 Å². The lowest BCUT2D eigenvalue weighted by Gasteiger charge is -2.17. The molecule has 1 aromatic carbocycles. The number of esters is 1. The van der Waals surface area contributed by atoms with Crippen molar-refractivity contribution in [2.24, 2.45) is 0 Å². The maximum absolute atomic E-state index is 11.7. The van der Waals surface area contributed by atoms with Crippen LogP contribution >= 0.6 is 35.6 Å². The summed E-state index contributed by atoms with van der Waals surface area (Å²) in [4.78, 5) is 25.5. The number of hydrogen-bond donors (Lipinski definition) is 1. The number of halogens is 1. The Hall–Kier alpha value is -1.31. The number of para-hydroxylation sites is 1. The topological polar surface area (TPSA) is 58.6 Å². The number of thioether (sulfide) groups is 1. The highest BCUT2D eigenvalue weighted by Gasteiger charge is 2.17. The third-order valence-electron chi connectivity index (χ3n) is 3.19. The van der Waals surface area contributed by atoms with Crippen LogP contribution in [0.4, 0.5) is 5.69 Å². The Morgan fingerprint density at radius 2 is 2.00 bits per heavy atom. The molecule has 0 bridgehead atoms. The van der Waals surface area contributed by atoms with E-state index in [1.165, 1.54) is 11.8 Å². The monoisotopic (exact) mass is 372 g/mol. The molecule has 0 aromatic heterocycles. The van der Waals surface area contributed by atoms with Crippen LogP contribution in [-0.2, 0) is 14.3 Å². The van der Waals surface area contributed by atoms with Gasteiger partial charge in [-0.05, 0) is 25.0 Å². The summed E-state index contributed by atoms with van der Waals surface area (Å²) in [7, 11) is 0. The van der Waals surface area contributed by atoms with Gasteiger partial charge in [-0.15, -0.1) is 0 Å². The van der Waals surface area contributed by atoms with Gasteiger partial charge in [0, 0.05) is 13.1 Å². The zero-order valence-corrected chi connectivity index (χ0v) is 14.8. The second-order valence-corrected chi connectivity index (χ2v) is 6.95. The minimum Gasteiger partial charge on any atom is -0.455 e. The number of likely N-dealkylation sites (tertiary alicyclic amines) is 1. The van der Waals surface area contributed by atoms with E-state index in [9.17, 15) is 9.59 Å². The van der Waals surface area contributed by atoms with E-state index in [-0.39, 0.29) is 12.4 Å². The SMILES string of the molecule is O=C(COC(=O)CSC(=S)N1CCCC1)Nc1ccccc1Cl. The molecule has 5 nitrogen and oxygen atoms in total. The number of nitrogens with one attached hydrogen (secondary N) is 1. The van der Waals surface area contributed by atoms with Gasteiger partial charge >= 0.3 is 5.97 Å². The predicted octanol–water partition coefficient (Wildman–Crippen LogP) is 2.94. The second kappa shape index (κ2) is 9.10. The number of carbonyl (C=O) groups is 2. The van der Waals surface area contributed by atoms with Crippen LogP contribution < -0.4 is 5.32 Å². The Balaban J connectivity index is 1.66. The third kappa shape index (κ3) is 6.01. The number of ether oxygens (including phenoxy) is 1. The Morgan fingerprint density at radius 3 is 2.70 bits per heavy atom. The van der Waals surface area contributed by atoms with Gasteiger partial charge in [-0.3, -0.25) is 9.59 Å². The predicted molar refractivity (Wildman–Crippen MR) is 96.9 cm³/mol. The van der Waals surface area contributed by atoms with E-state index in [0.29, 0.717) is 15.0 Å². The minimum absolute atomic E-state index is 0.106. The largest absolute Gasteiger partial charge is 0.455 e. The first kappa shape index (κ1) is 18.0. The highest BCUT2D eigenvalue weighted by Crippen LogP contribution is 2.20. The van der Waals surface area contributed by atoms with E-state index >= 15 is 0 Å². The van der Waals surface area contributed by atoms with Gasteiger partial charge in [0.1, 0.15) is 4.32 Å². The van der Waals surface area contributed by atoms with Crippen LogP contribution in [0.15, 0.2) is 24.3 Å². The molecule has 1 fully saturated rings. The van der Waals surface area contributed by atoms with Crippen LogP contribution in [0.5, 0.6) is 0 Å². The minimum atomic E-state index is -0.467. The summed E-state index contributed by atoms with van der Waals surface area (Å²) in [6, 6.07) is 6.85. The molecule has 1 aromatic rings. The maximum atomic E-state index is 11.7. The first-order valence-corrected chi connectivity index (χ1v) is 8.95. The molecule has 1 N–H and O–H groups in total. The normalized spacial score (nSPS) is 13.7. The van der Waals surface area contributed by atoms with Gasteiger partial charge in [0.15, 0.2) is 6.61 Å². The summed E-state index contributed by atoms with van der Waals surface area (Å²) in [5, 5.41) is 3.02. The molecule has 0 radical (unpaired) electrons. The lowest BCUT2D eigenvalue weighted by molar-refractivity contribution is -0.144. The number of hydrogen-bond acceptors (Lipinski definition) is 5. The van der Waals surface area contributed by atoms with Crippen LogP contribution in [0.3, 0.4) is 0 Å². The second-order valence-electron chi connectivity index (χ2n) is 4.94. The molecular weight excluding hydrogens is 356 g/mol. The van der Waals surface area contributed by atoms with Crippen molar-refractivity contribution in [3.05, 3.63) is 29.3 Å². The number of thiocarbonyl (C=S) groups is 1. The molecule has 1 aliphatic rings. The highest BCUT2D eigenvalue weighted by atomic mass is 35.5. The average Bonchev–Trinajstić information content (AvgIpc) is 3.07. The molecule has 8 heteroatoms. The van der Waals surface area contributed by atoms with Crippen molar-refractivity contribution in [3.63, 3.8) is 0 Å². The zero-order chi connectivity index (χ0) is 16.7. The summed E-state index contributed by atoms with van der Waals surface area (Å²) >= 11 is 12.5. The molecule has 23 heavy (non-hydrogen) atoms. The average molecular weight is 373 g/mol. The quantitative estimate of drug-likeness (QED) is 0.633. The van der Waals surface area contributed by atoms with Gasteiger partial charge in [-0.1, -0.05) is 47.7 Å². The Kier molecular flexibility index (Phi) is 7.14. The molecule has 0 aliphatic carbocycles. The van der Waals surface area contributed by atoms with Crippen LogP contribution in [0.1, 0.15) is 12.8 Å². The lowest BCUT2D eigenvalue weighted by atomic mass is 10.3. The maximum Gasteiger partial charge on any atom is 0.316 e. The number of carbonyl (C=O) groups excluding carboxylic acids is 2. The van der Waals surface area contributed by atoms with Crippen molar-refractivity contribution in [1.82, 2.24) is 4.90 Å². The number of anilines is 1. The van der Waals surface area contributed by atoms with Gasteiger partial charge in [-0.25, -0.2) is 0 Å². The molecule has 2 rings (SSSR count). The first-order chi connectivity index (χ1) is 11.1. The van der Waals surface area contributed by atoms with Gasteiger partial charge in [-0.2, -0.15) is 0 Å². The summed E-state index contributed by atoms with van der Waals surface area (Å²) in [5.74, 6) is -0.793. The fourth-order valence-electron chi connectivity index (χ4n) is 2.05. The Labute approximate surface area is 149 Å². The molecule has 1 amide bonds. The molecule has 0 saturated carbocycles. The number of amides is 1. The summed E-state index contributed by atoms with van der Waals surface area (Å²) in [6.07, 6.45) is 2.26. The van der Waals surface area contributed by atoms with E-state index in [2.05, 4.69) is 10.2 Å². The van der Waals surface area contributed by atoms with Crippen LogP contribution in [0.2, 0.25) is 5.02 Å². The summed E-state index contributed by atoms with van der Waals surface area (Å²) in [5.41, 5.74) is 0.486. The fourth-order valence-corrected chi connectivity index (χ4v) is 3.28. The summed E-state index contributed by atoms with van der Waals surface area (Å²) in [6.45, 7) is 1.54. The van der Waals surface area contributed by atoms with E-state index < -0.39 is 11.9 Å². The van der Waals surface area contributed by atoms with Crippen molar-refractivity contribution in [3.8, 4) is 0 Å². The molecule has 0 atom stereocenters. The molecular formula is C15H17ClN2O3S2. The smallest absolute Gasteiger partial charge is 0.316 e. The van der Waals surface area contributed by atoms with Crippen molar-refractivity contribution >= 4 is 57.5 Å². The highest BCUT2D eigenvalue weighted by molar-refractivity contribution is 8.23. The lowest BCUT2D eigenvalue weighted by Crippen LogP contribution is -2.25. The summed E-state index contributed by atoms with van der Waals surface area (Å²) < 4.78 is 5.64. The number of nitrogens with zero attached hydrogens (tertiary/aromatic N) is 1. The third-order valence-corrected chi connectivity index (χ3v) is 5.02. The first-order valence-electron chi connectivity index (χ1n) is 7.18. The van der Waals surface area contributed by atoms with E-state index in [4.69, 9.17) is 28.6 Å². The standard InChI is InChI=1S/C15H17ClN2O3S2/c16-11-5-1-2-6-12(11)17-13(19)9-21-14(20)10-23-15(22)18-7-3-4-8-18/h1-2,5-6H,3-4,7-10H2,(H,17,19). The van der Waals surface area contributed by atoms with Gasteiger partial charge in [0.05, 0.1) is 16.5 Å². The van der Waals surface area contributed by atoms with Crippen molar-refractivity contribution in [1.29, 1.82) is 0 Å². The van der Waals surface area contributed by atoms with E-state index in [0.717, 1.165) is 25.9 Å². The molecule has 0 spiro atoms. The number of rotatable bonds is 5. The Morgan fingerprint density at radius 1 is 1.30 bits per heavy atom. The fraction of sp³-hybridized carbons (Fsp3) is 0.400. The van der Waals surface area contributed by atoms with Crippen LogP contribution in [-0.4, -0.2) is 46.5 Å². The molecule has 0 unspecified atom stereocenters. The van der Waals surface area contributed by atoms with E-state index in [1.807, 2.05) is 0 Å².